The first kappa shape index (κ1) is 29.5. The molecule has 0 amide bonds. The third-order valence-corrected chi connectivity index (χ3v) is 7.57. The number of halogens is 2. The first-order valence-electron chi connectivity index (χ1n) is 14.0. The third kappa shape index (κ3) is 6.41. The molecule has 2 aliphatic heterocycles. The van der Waals surface area contributed by atoms with Crippen LogP contribution in [0, 0.1) is 5.82 Å². The predicted molar refractivity (Wildman–Crippen MR) is 167 cm³/mol. The number of methoxy groups -OCH3 is 1. The summed E-state index contributed by atoms with van der Waals surface area (Å²) in [6, 6.07) is 17.2. The fraction of sp³-hybridized carbons (Fsp3) is 0.323. The van der Waals surface area contributed by atoms with Crippen LogP contribution in [0.3, 0.4) is 0 Å². The molecule has 9 nitrogen and oxygen atoms in total. The van der Waals surface area contributed by atoms with Crippen LogP contribution in [0.15, 0.2) is 67.0 Å². The maximum atomic E-state index is 14.7. The smallest absolute Gasteiger partial charge is 0.168 e. The molecule has 2 fully saturated rings. The van der Waals surface area contributed by atoms with Gasteiger partial charge in [-0.2, -0.15) is 0 Å². The van der Waals surface area contributed by atoms with E-state index < -0.39 is 5.82 Å². The minimum atomic E-state index is -0.452. The lowest BCUT2D eigenvalue weighted by molar-refractivity contribution is 0.122. The molecule has 0 bridgehead atoms. The molecule has 4 aromatic rings. The van der Waals surface area contributed by atoms with Crippen molar-refractivity contribution in [3.05, 3.63) is 72.8 Å². The van der Waals surface area contributed by atoms with Gasteiger partial charge in [-0.05, 0) is 48.7 Å². The molecule has 0 spiro atoms. The zero-order chi connectivity index (χ0) is 28.2. The summed E-state index contributed by atoms with van der Waals surface area (Å²) >= 11 is 0. The molecule has 0 aliphatic carbocycles. The van der Waals surface area contributed by atoms with Crippen molar-refractivity contribution in [2.24, 2.45) is 5.73 Å². The van der Waals surface area contributed by atoms with E-state index in [0.717, 1.165) is 69.0 Å². The number of morpholine rings is 1. The summed E-state index contributed by atoms with van der Waals surface area (Å²) in [6.07, 6.45) is 5.52. The van der Waals surface area contributed by atoms with E-state index in [1.807, 2.05) is 12.3 Å². The number of nitrogens with one attached hydrogen (secondary N) is 1. The number of nitrogens with two attached hydrogens (primary N) is 1. The van der Waals surface area contributed by atoms with Crippen molar-refractivity contribution in [1.29, 1.82) is 0 Å². The Morgan fingerprint density at radius 3 is 2.57 bits per heavy atom. The van der Waals surface area contributed by atoms with Crippen LogP contribution < -0.4 is 25.6 Å². The van der Waals surface area contributed by atoms with E-state index in [0.29, 0.717) is 17.4 Å². The standard InChI is InChI=1S/C31H34FN7O2.ClH/c1-40-27-6-2-5-25(32)30(27)31-34-12-11-28(37-31)36-29-18-26(39-13-3-4-22(33)20-39)24(19-35-29)21-7-9-23(10-8-21)38-14-16-41-17-15-38;/h2,5-12,18-19,22H,3-4,13-17,20,33H2,1H3,(H,34,35,36,37);1H/t22-;/m0./s1. The summed E-state index contributed by atoms with van der Waals surface area (Å²) in [5.74, 6) is 1.26. The highest BCUT2D eigenvalue weighted by Crippen LogP contribution is 2.36. The topological polar surface area (TPSA) is 102 Å². The second-order valence-electron chi connectivity index (χ2n) is 10.3. The van der Waals surface area contributed by atoms with Crippen molar-refractivity contribution in [3.63, 3.8) is 0 Å². The van der Waals surface area contributed by atoms with Gasteiger partial charge in [0, 0.05) is 67.6 Å². The Morgan fingerprint density at radius 2 is 1.81 bits per heavy atom. The molecule has 220 valence electrons. The van der Waals surface area contributed by atoms with Gasteiger partial charge in [0.1, 0.15) is 23.2 Å². The van der Waals surface area contributed by atoms with Crippen LogP contribution in [0.25, 0.3) is 22.5 Å². The summed E-state index contributed by atoms with van der Waals surface area (Å²) < 4.78 is 25.5. The van der Waals surface area contributed by atoms with Gasteiger partial charge in [-0.1, -0.05) is 18.2 Å². The number of pyridine rings is 1. The lowest BCUT2D eigenvalue weighted by Crippen LogP contribution is -2.43. The van der Waals surface area contributed by atoms with Gasteiger partial charge in [-0.25, -0.2) is 19.3 Å². The van der Waals surface area contributed by atoms with E-state index in [2.05, 4.69) is 49.4 Å². The normalized spacial score (nSPS) is 17.0. The minimum Gasteiger partial charge on any atom is -0.496 e. The summed E-state index contributed by atoms with van der Waals surface area (Å²) in [5, 5.41) is 3.29. The fourth-order valence-corrected chi connectivity index (χ4v) is 5.47. The van der Waals surface area contributed by atoms with Crippen LogP contribution in [0.1, 0.15) is 12.8 Å². The minimum absolute atomic E-state index is 0. The predicted octanol–water partition coefficient (Wildman–Crippen LogP) is 5.28. The molecule has 0 saturated carbocycles. The fourth-order valence-electron chi connectivity index (χ4n) is 5.47. The van der Waals surface area contributed by atoms with Crippen LogP contribution in [-0.2, 0) is 4.74 Å². The van der Waals surface area contributed by atoms with Gasteiger partial charge in [0.05, 0.1) is 25.9 Å². The molecular weight excluding hydrogens is 557 g/mol. The average molecular weight is 592 g/mol. The Balaban J connectivity index is 0.00000353. The zero-order valence-electron chi connectivity index (χ0n) is 23.5. The van der Waals surface area contributed by atoms with Crippen LogP contribution in [-0.4, -0.2) is 67.5 Å². The Kier molecular flexibility index (Phi) is 9.36. The van der Waals surface area contributed by atoms with E-state index in [9.17, 15) is 4.39 Å². The quantitative estimate of drug-likeness (QED) is 0.297. The summed E-state index contributed by atoms with van der Waals surface area (Å²) in [7, 11) is 1.50. The van der Waals surface area contributed by atoms with Crippen LogP contribution in [0.2, 0.25) is 0 Å². The molecule has 3 N–H and O–H groups in total. The van der Waals surface area contributed by atoms with Crippen LogP contribution in [0.4, 0.5) is 27.4 Å². The van der Waals surface area contributed by atoms with E-state index in [4.69, 9.17) is 20.2 Å². The van der Waals surface area contributed by atoms with Gasteiger partial charge in [-0.3, -0.25) is 0 Å². The molecule has 1 atom stereocenters. The Morgan fingerprint density at radius 1 is 1.00 bits per heavy atom. The van der Waals surface area contributed by atoms with Crippen LogP contribution in [0.5, 0.6) is 5.75 Å². The molecule has 2 aromatic heterocycles. The van der Waals surface area contributed by atoms with Crippen molar-refractivity contribution in [2.45, 2.75) is 18.9 Å². The monoisotopic (exact) mass is 591 g/mol. The average Bonchev–Trinajstić information content (AvgIpc) is 3.01. The Bertz CT molecular complexity index is 1500. The lowest BCUT2D eigenvalue weighted by Gasteiger charge is -2.34. The highest BCUT2D eigenvalue weighted by atomic mass is 35.5. The number of hydrogen-bond acceptors (Lipinski definition) is 9. The molecule has 0 unspecified atom stereocenters. The Labute approximate surface area is 251 Å². The van der Waals surface area contributed by atoms with Gasteiger partial charge in [0.15, 0.2) is 5.82 Å². The number of aromatic nitrogens is 3. The number of benzene rings is 2. The van der Waals surface area contributed by atoms with Crippen molar-refractivity contribution in [1.82, 2.24) is 15.0 Å². The second-order valence-corrected chi connectivity index (χ2v) is 10.3. The first-order valence-corrected chi connectivity index (χ1v) is 14.0. The largest absolute Gasteiger partial charge is 0.496 e. The van der Waals surface area contributed by atoms with Crippen molar-refractivity contribution < 1.29 is 13.9 Å². The number of anilines is 4. The van der Waals surface area contributed by atoms with E-state index in [1.165, 1.54) is 18.9 Å². The van der Waals surface area contributed by atoms with Gasteiger partial charge < -0.3 is 30.3 Å². The number of nitrogens with zero attached hydrogens (tertiary/aromatic N) is 5. The van der Waals surface area contributed by atoms with E-state index >= 15 is 0 Å². The second kappa shape index (κ2) is 13.3. The molecular formula is C31H35ClFN7O2. The summed E-state index contributed by atoms with van der Waals surface area (Å²) in [4.78, 5) is 18.3. The van der Waals surface area contributed by atoms with E-state index in [1.54, 1.807) is 24.4 Å². The maximum Gasteiger partial charge on any atom is 0.168 e. The third-order valence-electron chi connectivity index (χ3n) is 7.57. The Hall–Kier alpha value is -3.99. The van der Waals surface area contributed by atoms with Crippen molar-refractivity contribution >= 4 is 35.4 Å². The number of hydrogen-bond donors (Lipinski definition) is 2. The molecule has 2 saturated heterocycles. The van der Waals surface area contributed by atoms with Crippen LogP contribution >= 0.6 is 12.4 Å². The molecule has 4 heterocycles. The van der Waals surface area contributed by atoms with Crippen molar-refractivity contribution in [3.8, 4) is 28.3 Å². The number of rotatable bonds is 7. The first-order chi connectivity index (χ1) is 20.1. The molecule has 0 radical (unpaired) electrons. The number of piperidine rings is 1. The van der Waals surface area contributed by atoms with Gasteiger partial charge in [0.2, 0.25) is 0 Å². The highest BCUT2D eigenvalue weighted by Gasteiger charge is 2.22. The summed E-state index contributed by atoms with van der Waals surface area (Å²) in [5.41, 5.74) is 11.0. The molecule has 11 heteroatoms. The zero-order valence-corrected chi connectivity index (χ0v) is 24.3. The van der Waals surface area contributed by atoms with E-state index in [-0.39, 0.29) is 29.8 Å². The summed E-state index contributed by atoms with van der Waals surface area (Å²) in [6.45, 7) is 4.98. The highest BCUT2D eigenvalue weighted by molar-refractivity contribution is 5.85. The van der Waals surface area contributed by atoms with Gasteiger partial charge in [-0.15, -0.1) is 12.4 Å². The SMILES string of the molecule is COc1cccc(F)c1-c1nccc(Nc2cc(N3CCC[C@H](N)C3)c(-c3ccc(N4CCOCC4)cc3)cn2)n1.Cl. The van der Waals surface area contributed by atoms with Gasteiger partial charge >= 0.3 is 0 Å². The molecule has 42 heavy (non-hydrogen) atoms. The molecule has 2 aromatic carbocycles. The lowest BCUT2D eigenvalue weighted by atomic mass is 10.0. The van der Waals surface area contributed by atoms with Gasteiger partial charge in [0.25, 0.3) is 0 Å². The molecule has 2 aliphatic rings. The maximum absolute atomic E-state index is 14.7. The van der Waals surface area contributed by atoms with Crippen molar-refractivity contribution in [2.75, 3.05) is 61.6 Å². The number of ether oxygens (including phenoxy) is 2. The molecule has 6 rings (SSSR count).